The number of hydrogen-bond donors (Lipinski definition) is 1. The minimum Gasteiger partial charge on any atom is -0.378 e. The van der Waals surface area contributed by atoms with Crippen molar-refractivity contribution in [1.29, 1.82) is 0 Å². The summed E-state index contributed by atoms with van der Waals surface area (Å²) in [5.74, 6) is 0.0505. The number of allylic oxidation sites excluding steroid dienone is 1. The van der Waals surface area contributed by atoms with Crippen LogP contribution in [0.5, 0.6) is 0 Å². The van der Waals surface area contributed by atoms with E-state index in [1.165, 1.54) is 36.9 Å². The van der Waals surface area contributed by atoms with Gasteiger partial charge in [-0.05, 0) is 37.7 Å². The number of morpholine rings is 1. The number of ether oxygens (including phenoxy) is 1. The maximum absolute atomic E-state index is 13.3. The van der Waals surface area contributed by atoms with E-state index in [4.69, 9.17) is 9.84 Å². The van der Waals surface area contributed by atoms with Gasteiger partial charge < -0.3 is 15.0 Å². The summed E-state index contributed by atoms with van der Waals surface area (Å²) in [7, 11) is 0. The topological polar surface area (TPSA) is 59.4 Å². The zero-order valence-corrected chi connectivity index (χ0v) is 19.6. The summed E-state index contributed by atoms with van der Waals surface area (Å²) in [4.78, 5) is 15.2. The molecule has 1 aromatic heterocycles. The summed E-state index contributed by atoms with van der Waals surface area (Å²) in [6.07, 6.45) is 9.86. The Bertz CT molecular complexity index is 972. The lowest BCUT2D eigenvalue weighted by molar-refractivity contribution is 0.0297. The van der Waals surface area contributed by atoms with Gasteiger partial charge in [0.2, 0.25) is 0 Å². The van der Waals surface area contributed by atoms with E-state index < -0.39 is 0 Å². The van der Waals surface area contributed by atoms with Crippen LogP contribution in [0, 0.1) is 0 Å². The van der Waals surface area contributed by atoms with Crippen LogP contribution in [0.4, 0.5) is 0 Å². The maximum atomic E-state index is 13.3. The third kappa shape index (κ3) is 4.51. The summed E-state index contributed by atoms with van der Waals surface area (Å²) < 4.78 is 7.44. The summed E-state index contributed by atoms with van der Waals surface area (Å²) in [5, 5.41) is 8.70. The number of nitrogens with zero attached hydrogens (tertiary/aromatic N) is 3. The van der Waals surface area contributed by atoms with Gasteiger partial charge in [0, 0.05) is 42.3 Å². The highest BCUT2D eigenvalue weighted by atomic mass is 16.5. The largest absolute Gasteiger partial charge is 0.378 e. The molecular formula is C27H36N4O2. The van der Waals surface area contributed by atoms with Gasteiger partial charge in [-0.15, -0.1) is 6.58 Å². The van der Waals surface area contributed by atoms with Crippen LogP contribution in [0.2, 0.25) is 0 Å². The minimum atomic E-state index is 0.0505. The monoisotopic (exact) mass is 448 g/mol. The first-order chi connectivity index (χ1) is 16.2. The first-order valence-electron chi connectivity index (χ1n) is 12.6. The van der Waals surface area contributed by atoms with E-state index in [9.17, 15) is 4.79 Å². The van der Waals surface area contributed by atoms with Crippen molar-refractivity contribution in [3.8, 4) is 0 Å². The van der Waals surface area contributed by atoms with Gasteiger partial charge in [-0.2, -0.15) is 5.10 Å². The van der Waals surface area contributed by atoms with Crippen molar-refractivity contribution in [2.75, 3.05) is 32.8 Å². The van der Waals surface area contributed by atoms with Crippen molar-refractivity contribution < 1.29 is 9.53 Å². The first-order valence-corrected chi connectivity index (χ1v) is 12.6. The molecule has 1 aliphatic heterocycles. The molecule has 0 spiro atoms. The Morgan fingerprint density at radius 1 is 1.21 bits per heavy atom. The van der Waals surface area contributed by atoms with Gasteiger partial charge >= 0.3 is 0 Å². The lowest BCUT2D eigenvalue weighted by Gasteiger charge is -2.34. The Balaban J connectivity index is 1.34. The van der Waals surface area contributed by atoms with Crippen molar-refractivity contribution in [1.82, 2.24) is 20.0 Å². The van der Waals surface area contributed by atoms with Gasteiger partial charge in [-0.1, -0.05) is 49.2 Å². The second kappa shape index (κ2) is 9.82. The van der Waals surface area contributed by atoms with Crippen LogP contribution in [0.3, 0.4) is 0 Å². The van der Waals surface area contributed by atoms with E-state index in [0.717, 1.165) is 31.4 Å². The van der Waals surface area contributed by atoms with Crippen LogP contribution in [-0.4, -0.2) is 59.5 Å². The number of carbonyl (C=O) groups excluding carboxylic acids is 1. The van der Waals surface area contributed by atoms with Crippen LogP contribution in [0.1, 0.15) is 59.4 Å². The van der Waals surface area contributed by atoms with Gasteiger partial charge in [0.05, 0.1) is 19.8 Å². The van der Waals surface area contributed by atoms with Gasteiger partial charge in [-0.25, -0.2) is 0 Å². The molecule has 2 aliphatic carbocycles. The summed E-state index contributed by atoms with van der Waals surface area (Å²) >= 11 is 0. The van der Waals surface area contributed by atoms with Crippen molar-refractivity contribution in [2.24, 2.45) is 0 Å². The van der Waals surface area contributed by atoms with Crippen molar-refractivity contribution >= 4 is 5.91 Å². The number of aromatic nitrogens is 2. The Morgan fingerprint density at radius 2 is 1.97 bits per heavy atom. The molecule has 1 amide bonds. The average Bonchev–Trinajstić information content (AvgIpc) is 3.49. The molecule has 3 aliphatic rings. The molecule has 0 radical (unpaired) electrons. The quantitative estimate of drug-likeness (QED) is 0.659. The Morgan fingerprint density at radius 3 is 2.70 bits per heavy atom. The fourth-order valence-electron chi connectivity index (χ4n) is 5.97. The molecule has 1 aromatic carbocycles. The zero-order chi connectivity index (χ0) is 22.7. The van der Waals surface area contributed by atoms with Gasteiger partial charge in [0.1, 0.15) is 0 Å². The van der Waals surface area contributed by atoms with Crippen LogP contribution in [0.15, 0.2) is 43.0 Å². The van der Waals surface area contributed by atoms with Crippen molar-refractivity contribution in [3.63, 3.8) is 0 Å². The highest BCUT2D eigenvalue weighted by Crippen LogP contribution is 2.41. The fourth-order valence-corrected chi connectivity index (χ4v) is 5.97. The molecule has 1 saturated carbocycles. The normalized spacial score (nSPS) is 22.2. The van der Waals surface area contributed by atoms with E-state index in [1.807, 2.05) is 15.7 Å². The van der Waals surface area contributed by atoms with Crippen molar-refractivity contribution in [3.05, 3.63) is 65.5 Å². The summed E-state index contributed by atoms with van der Waals surface area (Å²) in [6, 6.07) is 11.4. The minimum absolute atomic E-state index is 0.0505. The molecule has 6 nitrogen and oxygen atoms in total. The van der Waals surface area contributed by atoms with Crippen molar-refractivity contribution in [2.45, 2.75) is 62.9 Å². The molecule has 176 valence electrons. The molecule has 2 fully saturated rings. The molecule has 1 saturated heterocycles. The second-order valence-corrected chi connectivity index (χ2v) is 9.82. The molecule has 1 atom stereocenters. The van der Waals surface area contributed by atoms with E-state index in [-0.39, 0.29) is 11.3 Å². The lowest BCUT2D eigenvalue weighted by Crippen LogP contribution is -2.44. The molecular weight excluding hydrogens is 412 g/mol. The fraction of sp³-hybridized carbons (Fsp3) is 0.556. The highest BCUT2D eigenvalue weighted by Gasteiger charge is 2.37. The van der Waals surface area contributed by atoms with Crippen LogP contribution in [-0.2, 0) is 29.5 Å². The van der Waals surface area contributed by atoms with E-state index >= 15 is 0 Å². The molecule has 1 N–H and O–H groups in total. The number of fused-ring (bicyclic) bond motifs is 1. The Labute approximate surface area is 197 Å². The molecule has 2 heterocycles. The molecule has 0 bridgehead atoms. The number of benzene rings is 1. The smallest absolute Gasteiger partial charge is 0.274 e. The number of hydrogen-bond acceptors (Lipinski definition) is 4. The maximum Gasteiger partial charge on any atom is 0.274 e. The SMILES string of the molecule is C=CCn1nc(C(=O)N2CCOCC2)c2c1CCC(NCC1(c3ccccc3)CCCC1)C2. The van der Waals surface area contributed by atoms with E-state index in [1.54, 1.807) is 0 Å². The Kier molecular flexibility index (Phi) is 6.65. The zero-order valence-electron chi connectivity index (χ0n) is 19.6. The first kappa shape index (κ1) is 22.4. The third-order valence-corrected chi connectivity index (χ3v) is 7.83. The van der Waals surface area contributed by atoms with E-state index in [0.29, 0.717) is 44.6 Å². The predicted octanol–water partition coefficient (Wildman–Crippen LogP) is 3.50. The number of carbonyl (C=O) groups is 1. The molecule has 1 unspecified atom stereocenters. The second-order valence-electron chi connectivity index (χ2n) is 9.82. The molecule has 6 heteroatoms. The van der Waals surface area contributed by atoms with Crippen LogP contribution < -0.4 is 5.32 Å². The summed E-state index contributed by atoms with van der Waals surface area (Å²) in [6.45, 7) is 8.03. The van der Waals surface area contributed by atoms with Crippen LogP contribution >= 0.6 is 0 Å². The third-order valence-electron chi connectivity index (χ3n) is 7.83. The summed E-state index contributed by atoms with van der Waals surface area (Å²) in [5.41, 5.74) is 4.69. The van der Waals surface area contributed by atoms with Gasteiger partial charge in [0.15, 0.2) is 5.69 Å². The predicted molar refractivity (Wildman–Crippen MR) is 130 cm³/mol. The van der Waals surface area contributed by atoms with E-state index in [2.05, 4.69) is 42.2 Å². The molecule has 2 aromatic rings. The van der Waals surface area contributed by atoms with Crippen LogP contribution in [0.25, 0.3) is 0 Å². The number of amides is 1. The lowest BCUT2D eigenvalue weighted by atomic mass is 9.78. The highest BCUT2D eigenvalue weighted by molar-refractivity contribution is 5.94. The molecule has 33 heavy (non-hydrogen) atoms. The Hall–Kier alpha value is -2.44. The van der Waals surface area contributed by atoms with Gasteiger partial charge in [0.25, 0.3) is 5.91 Å². The average molecular weight is 449 g/mol. The standard InChI is InChI=1S/C27H36N4O2/c1-2-14-31-24-11-10-22(19-23(24)25(29-31)26(32)30-15-17-33-18-16-30)28-20-27(12-6-7-13-27)21-8-4-3-5-9-21/h2-5,8-9,22,28H,1,6-7,10-20H2. The van der Waals surface area contributed by atoms with Gasteiger partial charge in [-0.3, -0.25) is 9.48 Å². The number of nitrogens with one attached hydrogen (secondary N) is 1. The number of rotatable bonds is 7. The molecule has 5 rings (SSSR count).